The molecule has 0 amide bonds. The van der Waals surface area contributed by atoms with Crippen LogP contribution in [0.1, 0.15) is 30.0 Å². The number of aryl methyl sites for hydroxylation is 1. The molecule has 2 aromatic rings. The van der Waals surface area contributed by atoms with Gasteiger partial charge in [-0.05, 0) is 29.8 Å². The minimum absolute atomic E-state index is 0.276. The monoisotopic (exact) mass is 285 g/mol. The van der Waals surface area contributed by atoms with E-state index in [9.17, 15) is 13.2 Å². The molecule has 0 fully saturated rings. The maximum absolute atomic E-state index is 12.0. The number of benzene rings is 1. The van der Waals surface area contributed by atoms with Crippen molar-refractivity contribution in [1.82, 2.24) is 0 Å². The Bertz CT molecular complexity index is 561. The summed E-state index contributed by atoms with van der Waals surface area (Å²) in [7, 11) is 0. The van der Waals surface area contributed by atoms with Crippen molar-refractivity contribution in [1.29, 1.82) is 0 Å². The molecule has 0 aliphatic carbocycles. The van der Waals surface area contributed by atoms with Gasteiger partial charge in [-0.1, -0.05) is 19.1 Å². The van der Waals surface area contributed by atoms with Crippen LogP contribution in [-0.4, -0.2) is 6.36 Å². The lowest BCUT2D eigenvalue weighted by atomic mass is 10.1. The zero-order valence-corrected chi connectivity index (χ0v) is 10.8. The van der Waals surface area contributed by atoms with Gasteiger partial charge in [0.1, 0.15) is 17.3 Å². The summed E-state index contributed by atoms with van der Waals surface area (Å²) in [5, 5.41) is 0. The molecule has 1 aromatic heterocycles. The van der Waals surface area contributed by atoms with E-state index in [1.54, 1.807) is 6.07 Å². The average molecular weight is 285 g/mol. The van der Waals surface area contributed by atoms with Crippen LogP contribution in [0, 0.1) is 0 Å². The quantitative estimate of drug-likeness (QED) is 0.929. The number of nitrogens with two attached hydrogens (primary N) is 1. The Labute approximate surface area is 114 Å². The normalized spacial score (nSPS) is 13.2. The Morgan fingerprint density at radius 2 is 1.80 bits per heavy atom. The highest BCUT2D eigenvalue weighted by atomic mass is 19.4. The summed E-state index contributed by atoms with van der Waals surface area (Å²) in [6.07, 6.45) is -3.94. The molecule has 1 heterocycles. The van der Waals surface area contributed by atoms with Crippen molar-refractivity contribution < 1.29 is 22.3 Å². The Hall–Kier alpha value is -1.95. The molecule has 20 heavy (non-hydrogen) atoms. The Morgan fingerprint density at radius 3 is 2.30 bits per heavy atom. The van der Waals surface area contributed by atoms with E-state index in [0.29, 0.717) is 11.3 Å². The van der Waals surface area contributed by atoms with Gasteiger partial charge in [-0.2, -0.15) is 0 Å². The molecule has 108 valence electrons. The van der Waals surface area contributed by atoms with Crippen LogP contribution in [0.15, 0.2) is 40.8 Å². The summed E-state index contributed by atoms with van der Waals surface area (Å²) in [5.41, 5.74) is 6.65. The maximum atomic E-state index is 12.0. The van der Waals surface area contributed by atoms with E-state index in [1.807, 2.05) is 13.0 Å². The van der Waals surface area contributed by atoms with E-state index >= 15 is 0 Å². The third-order valence-electron chi connectivity index (χ3n) is 2.81. The zero-order valence-electron chi connectivity index (χ0n) is 10.8. The standard InChI is InChI=1S/C14H14F3NO2/c1-2-10-7-8-12(19-10)13(18)9-3-5-11(6-4-9)20-14(15,16)17/h3-8,13H,2,18H2,1H3/t13-/m1/s1. The lowest BCUT2D eigenvalue weighted by molar-refractivity contribution is -0.274. The van der Waals surface area contributed by atoms with Crippen LogP contribution in [0.5, 0.6) is 5.75 Å². The molecule has 0 aliphatic rings. The third-order valence-corrected chi connectivity index (χ3v) is 2.81. The molecule has 0 saturated heterocycles. The van der Waals surface area contributed by atoms with Crippen molar-refractivity contribution in [3.8, 4) is 5.75 Å². The minimum Gasteiger partial charge on any atom is -0.464 e. The second-order valence-electron chi connectivity index (χ2n) is 4.25. The van der Waals surface area contributed by atoms with Crippen LogP contribution in [-0.2, 0) is 6.42 Å². The lowest BCUT2D eigenvalue weighted by Gasteiger charge is -2.12. The fourth-order valence-electron chi connectivity index (χ4n) is 1.79. The van der Waals surface area contributed by atoms with Crippen LogP contribution in [0.2, 0.25) is 0 Å². The number of ether oxygens (including phenoxy) is 1. The van der Waals surface area contributed by atoms with Gasteiger partial charge in [0.15, 0.2) is 0 Å². The van der Waals surface area contributed by atoms with E-state index < -0.39 is 12.4 Å². The third kappa shape index (κ3) is 3.54. The summed E-state index contributed by atoms with van der Waals surface area (Å²) in [6.45, 7) is 1.96. The van der Waals surface area contributed by atoms with Crippen molar-refractivity contribution in [2.75, 3.05) is 0 Å². The van der Waals surface area contributed by atoms with Gasteiger partial charge in [0.2, 0.25) is 0 Å². The molecule has 2 N–H and O–H groups in total. The molecule has 0 radical (unpaired) electrons. The summed E-state index contributed by atoms with van der Waals surface area (Å²) in [5.74, 6) is 1.11. The largest absolute Gasteiger partial charge is 0.573 e. The molecule has 1 atom stereocenters. The topological polar surface area (TPSA) is 48.4 Å². The number of furan rings is 1. The second kappa shape index (κ2) is 5.58. The van der Waals surface area contributed by atoms with Crippen molar-refractivity contribution in [3.63, 3.8) is 0 Å². The maximum Gasteiger partial charge on any atom is 0.573 e. The molecular weight excluding hydrogens is 271 g/mol. The number of alkyl halides is 3. The van der Waals surface area contributed by atoms with Gasteiger partial charge in [0, 0.05) is 6.42 Å². The van der Waals surface area contributed by atoms with Crippen LogP contribution >= 0.6 is 0 Å². The van der Waals surface area contributed by atoms with E-state index in [1.165, 1.54) is 24.3 Å². The first-order valence-electron chi connectivity index (χ1n) is 6.09. The van der Waals surface area contributed by atoms with Crippen molar-refractivity contribution >= 4 is 0 Å². The highest BCUT2D eigenvalue weighted by molar-refractivity contribution is 5.32. The first-order valence-corrected chi connectivity index (χ1v) is 6.09. The molecule has 2 rings (SSSR count). The van der Waals surface area contributed by atoms with Crippen molar-refractivity contribution in [2.45, 2.75) is 25.7 Å². The van der Waals surface area contributed by atoms with Gasteiger partial charge in [-0.3, -0.25) is 0 Å². The Morgan fingerprint density at radius 1 is 1.15 bits per heavy atom. The SMILES string of the molecule is CCc1ccc([C@H](N)c2ccc(OC(F)(F)F)cc2)o1. The number of rotatable bonds is 4. The fourth-order valence-corrected chi connectivity index (χ4v) is 1.79. The van der Waals surface area contributed by atoms with E-state index in [2.05, 4.69) is 4.74 Å². The first kappa shape index (κ1) is 14.5. The second-order valence-corrected chi connectivity index (χ2v) is 4.25. The van der Waals surface area contributed by atoms with Gasteiger partial charge in [0.25, 0.3) is 0 Å². The van der Waals surface area contributed by atoms with E-state index in [4.69, 9.17) is 10.2 Å². The minimum atomic E-state index is -4.69. The van der Waals surface area contributed by atoms with Crippen molar-refractivity contribution in [3.05, 3.63) is 53.5 Å². The number of halogens is 3. The predicted octanol–water partition coefficient (Wildman–Crippen LogP) is 3.79. The van der Waals surface area contributed by atoms with Gasteiger partial charge < -0.3 is 14.9 Å². The molecule has 0 aliphatic heterocycles. The molecule has 0 unspecified atom stereocenters. The van der Waals surface area contributed by atoms with Crippen LogP contribution in [0.4, 0.5) is 13.2 Å². The van der Waals surface area contributed by atoms with E-state index in [-0.39, 0.29) is 5.75 Å². The average Bonchev–Trinajstić information content (AvgIpc) is 2.85. The molecule has 0 bridgehead atoms. The molecule has 1 aromatic carbocycles. The molecular formula is C14H14F3NO2. The molecule has 0 spiro atoms. The summed E-state index contributed by atoms with van der Waals surface area (Å²) < 4.78 is 45.5. The van der Waals surface area contributed by atoms with Crippen LogP contribution in [0.25, 0.3) is 0 Å². The summed E-state index contributed by atoms with van der Waals surface area (Å²) in [6, 6.07) is 8.51. The van der Waals surface area contributed by atoms with Crippen LogP contribution < -0.4 is 10.5 Å². The van der Waals surface area contributed by atoms with Gasteiger partial charge in [-0.15, -0.1) is 13.2 Å². The zero-order chi connectivity index (χ0) is 14.8. The molecule has 6 heteroatoms. The van der Waals surface area contributed by atoms with Gasteiger partial charge >= 0.3 is 6.36 Å². The summed E-state index contributed by atoms with van der Waals surface area (Å²) >= 11 is 0. The smallest absolute Gasteiger partial charge is 0.464 e. The fraction of sp³-hybridized carbons (Fsp3) is 0.286. The Kier molecular flexibility index (Phi) is 4.04. The molecule has 0 saturated carbocycles. The van der Waals surface area contributed by atoms with Crippen LogP contribution in [0.3, 0.4) is 0 Å². The van der Waals surface area contributed by atoms with Crippen molar-refractivity contribution in [2.24, 2.45) is 5.73 Å². The number of hydrogen-bond donors (Lipinski definition) is 1. The predicted molar refractivity (Wildman–Crippen MR) is 67.2 cm³/mol. The summed E-state index contributed by atoms with van der Waals surface area (Å²) in [4.78, 5) is 0. The lowest BCUT2D eigenvalue weighted by Crippen LogP contribution is -2.17. The highest BCUT2D eigenvalue weighted by Crippen LogP contribution is 2.26. The first-order chi connectivity index (χ1) is 9.39. The highest BCUT2D eigenvalue weighted by Gasteiger charge is 2.31. The number of hydrogen-bond acceptors (Lipinski definition) is 3. The van der Waals surface area contributed by atoms with Gasteiger partial charge in [-0.25, -0.2) is 0 Å². The van der Waals surface area contributed by atoms with Gasteiger partial charge in [0.05, 0.1) is 6.04 Å². The van der Waals surface area contributed by atoms with E-state index in [0.717, 1.165) is 12.2 Å². The Balaban J connectivity index is 2.13. The molecule has 3 nitrogen and oxygen atoms in total.